The van der Waals surface area contributed by atoms with Crippen molar-refractivity contribution in [3.05, 3.63) is 23.8 Å². The lowest BCUT2D eigenvalue weighted by Gasteiger charge is -2.13. The topological polar surface area (TPSA) is 38.7 Å². The van der Waals surface area contributed by atoms with E-state index in [9.17, 15) is 0 Å². The monoisotopic (exact) mass is 224 g/mol. The number of benzene rings is 1. The summed E-state index contributed by atoms with van der Waals surface area (Å²) in [6, 6.07) is 5.88. The van der Waals surface area contributed by atoms with Crippen LogP contribution in [0, 0.1) is 0 Å². The van der Waals surface area contributed by atoms with E-state index < -0.39 is 0 Å². The summed E-state index contributed by atoms with van der Waals surface area (Å²) >= 11 is 0. The van der Waals surface area contributed by atoms with Crippen LogP contribution in [0.2, 0.25) is 0 Å². The maximum absolute atomic E-state index is 8.83. The fourth-order valence-electron chi connectivity index (χ4n) is 1.59. The summed E-state index contributed by atoms with van der Waals surface area (Å²) in [5.74, 6) is 1.59. The molecule has 0 aliphatic carbocycles. The van der Waals surface area contributed by atoms with Crippen molar-refractivity contribution in [2.45, 2.75) is 26.2 Å². The number of para-hydroxylation sites is 1. The van der Waals surface area contributed by atoms with Gasteiger partial charge in [0.15, 0.2) is 11.5 Å². The first kappa shape index (κ1) is 12.8. The molecule has 3 heteroatoms. The Morgan fingerprint density at radius 3 is 2.75 bits per heavy atom. The van der Waals surface area contributed by atoms with Gasteiger partial charge in [0.1, 0.15) is 0 Å². The Hall–Kier alpha value is -1.22. The molecule has 0 spiro atoms. The van der Waals surface area contributed by atoms with Gasteiger partial charge in [-0.2, -0.15) is 0 Å². The molecule has 1 aromatic carbocycles. The van der Waals surface area contributed by atoms with Gasteiger partial charge in [0, 0.05) is 6.61 Å². The van der Waals surface area contributed by atoms with Crippen LogP contribution in [-0.4, -0.2) is 25.4 Å². The van der Waals surface area contributed by atoms with E-state index in [0.29, 0.717) is 6.61 Å². The summed E-state index contributed by atoms with van der Waals surface area (Å²) in [5, 5.41) is 8.83. The van der Waals surface area contributed by atoms with E-state index in [1.807, 2.05) is 18.2 Å². The normalized spacial score (nSPS) is 10.2. The highest BCUT2D eigenvalue weighted by Gasteiger charge is 2.09. The van der Waals surface area contributed by atoms with Crippen molar-refractivity contribution in [2.75, 3.05) is 20.3 Å². The molecule has 1 aromatic rings. The zero-order valence-electron chi connectivity index (χ0n) is 10.0. The van der Waals surface area contributed by atoms with Crippen LogP contribution in [0.4, 0.5) is 0 Å². The van der Waals surface area contributed by atoms with Gasteiger partial charge < -0.3 is 14.6 Å². The highest BCUT2D eigenvalue weighted by molar-refractivity contribution is 5.46. The van der Waals surface area contributed by atoms with Gasteiger partial charge in [0.05, 0.1) is 13.7 Å². The molecule has 0 saturated heterocycles. The highest BCUT2D eigenvalue weighted by Crippen LogP contribution is 2.31. The van der Waals surface area contributed by atoms with E-state index in [1.54, 1.807) is 7.11 Å². The maximum atomic E-state index is 8.83. The molecule has 0 atom stereocenters. The van der Waals surface area contributed by atoms with Gasteiger partial charge in [-0.15, -0.1) is 0 Å². The highest BCUT2D eigenvalue weighted by atomic mass is 16.5. The van der Waals surface area contributed by atoms with Gasteiger partial charge in [-0.1, -0.05) is 19.1 Å². The van der Waals surface area contributed by atoms with Crippen molar-refractivity contribution < 1.29 is 14.6 Å². The lowest BCUT2D eigenvalue weighted by atomic mass is 10.1. The second-order valence-electron chi connectivity index (χ2n) is 3.62. The van der Waals surface area contributed by atoms with Crippen LogP contribution < -0.4 is 9.47 Å². The summed E-state index contributed by atoms with van der Waals surface area (Å²) in [7, 11) is 1.65. The second-order valence-corrected chi connectivity index (χ2v) is 3.62. The zero-order valence-corrected chi connectivity index (χ0v) is 10.0. The molecule has 0 saturated carbocycles. The third-order valence-electron chi connectivity index (χ3n) is 2.33. The van der Waals surface area contributed by atoms with Crippen LogP contribution in [0.5, 0.6) is 11.5 Å². The molecule has 0 aromatic heterocycles. The van der Waals surface area contributed by atoms with Crippen LogP contribution in [0.1, 0.15) is 25.3 Å². The average Bonchev–Trinajstić information content (AvgIpc) is 2.33. The van der Waals surface area contributed by atoms with E-state index in [4.69, 9.17) is 14.6 Å². The van der Waals surface area contributed by atoms with Crippen LogP contribution in [0.25, 0.3) is 0 Å². The Kier molecular flexibility index (Phi) is 5.72. The molecular weight excluding hydrogens is 204 g/mol. The number of aryl methyl sites for hydroxylation is 1. The van der Waals surface area contributed by atoms with Crippen molar-refractivity contribution in [1.82, 2.24) is 0 Å². The first-order chi connectivity index (χ1) is 7.83. The standard InChI is InChI=1S/C13H20O3/c1-3-10-16-12-8-4-6-11(7-5-9-14)13(12)15-2/h4,6,8,14H,3,5,7,9-10H2,1-2H3. The summed E-state index contributed by atoms with van der Waals surface area (Å²) < 4.78 is 11.0. The van der Waals surface area contributed by atoms with Crippen LogP contribution in [0.3, 0.4) is 0 Å². The number of methoxy groups -OCH3 is 1. The number of hydrogen-bond acceptors (Lipinski definition) is 3. The van der Waals surface area contributed by atoms with Gasteiger partial charge in [-0.25, -0.2) is 0 Å². The SMILES string of the molecule is CCCOc1cccc(CCCO)c1OC. The zero-order chi connectivity index (χ0) is 11.8. The average molecular weight is 224 g/mol. The number of aliphatic hydroxyl groups is 1. The maximum Gasteiger partial charge on any atom is 0.163 e. The van der Waals surface area contributed by atoms with Crippen LogP contribution in [-0.2, 0) is 6.42 Å². The summed E-state index contributed by atoms with van der Waals surface area (Å²) in [5.41, 5.74) is 1.09. The number of rotatable bonds is 7. The van der Waals surface area contributed by atoms with Gasteiger partial charge >= 0.3 is 0 Å². The van der Waals surface area contributed by atoms with Gasteiger partial charge in [-0.05, 0) is 30.9 Å². The molecule has 0 unspecified atom stereocenters. The Balaban J connectivity index is 2.82. The van der Waals surface area contributed by atoms with E-state index >= 15 is 0 Å². The fourth-order valence-corrected chi connectivity index (χ4v) is 1.59. The molecule has 0 amide bonds. The molecule has 90 valence electrons. The smallest absolute Gasteiger partial charge is 0.163 e. The summed E-state index contributed by atoms with van der Waals surface area (Å²) in [4.78, 5) is 0. The van der Waals surface area contributed by atoms with Gasteiger partial charge in [0.25, 0.3) is 0 Å². The largest absolute Gasteiger partial charge is 0.493 e. The number of ether oxygens (including phenoxy) is 2. The molecule has 0 bridgehead atoms. The number of hydrogen-bond donors (Lipinski definition) is 1. The predicted octanol–water partition coefficient (Wildman–Crippen LogP) is 2.41. The fraction of sp³-hybridized carbons (Fsp3) is 0.538. The molecule has 0 heterocycles. The molecule has 0 radical (unpaired) electrons. The first-order valence-electron chi connectivity index (χ1n) is 5.73. The third-order valence-corrected chi connectivity index (χ3v) is 2.33. The molecule has 16 heavy (non-hydrogen) atoms. The first-order valence-corrected chi connectivity index (χ1v) is 5.73. The van der Waals surface area contributed by atoms with Crippen molar-refractivity contribution >= 4 is 0 Å². The van der Waals surface area contributed by atoms with E-state index in [1.165, 1.54) is 0 Å². The summed E-state index contributed by atoms with van der Waals surface area (Å²) in [6.07, 6.45) is 2.53. The van der Waals surface area contributed by atoms with Gasteiger partial charge in [0.2, 0.25) is 0 Å². The Bertz CT molecular complexity index is 284. The second kappa shape index (κ2) is 7.12. The van der Waals surface area contributed by atoms with Crippen molar-refractivity contribution in [3.8, 4) is 11.5 Å². The van der Waals surface area contributed by atoms with Crippen molar-refractivity contribution in [3.63, 3.8) is 0 Å². The molecule has 1 N–H and O–H groups in total. The Morgan fingerprint density at radius 2 is 2.12 bits per heavy atom. The van der Waals surface area contributed by atoms with Crippen LogP contribution >= 0.6 is 0 Å². The van der Waals surface area contributed by atoms with Crippen LogP contribution in [0.15, 0.2) is 18.2 Å². The minimum absolute atomic E-state index is 0.198. The molecule has 3 nitrogen and oxygen atoms in total. The van der Waals surface area contributed by atoms with E-state index in [2.05, 4.69) is 6.92 Å². The van der Waals surface area contributed by atoms with E-state index in [0.717, 1.165) is 36.3 Å². The minimum atomic E-state index is 0.198. The summed E-state index contributed by atoms with van der Waals surface area (Å²) in [6.45, 7) is 2.96. The quantitative estimate of drug-likeness (QED) is 0.773. The van der Waals surface area contributed by atoms with Crippen molar-refractivity contribution in [2.24, 2.45) is 0 Å². The van der Waals surface area contributed by atoms with E-state index in [-0.39, 0.29) is 6.61 Å². The van der Waals surface area contributed by atoms with Crippen molar-refractivity contribution in [1.29, 1.82) is 0 Å². The molecular formula is C13H20O3. The lowest BCUT2D eigenvalue weighted by molar-refractivity contribution is 0.283. The predicted molar refractivity (Wildman–Crippen MR) is 64.2 cm³/mol. The Morgan fingerprint density at radius 1 is 1.31 bits per heavy atom. The third kappa shape index (κ3) is 3.42. The molecule has 0 aliphatic heterocycles. The minimum Gasteiger partial charge on any atom is -0.493 e. The van der Waals surface area contributed by atoms with Gasteiger partial charge in [-0.3, -0.25) is 0 Å². The number of aliphatic hydroxyl groups excluding tert-OH is 1. The molecule has 1 rings (SSSR count). The molecule has 0 aliphatic rings. The lowest BCUT2D eigenvalue weighted by Crippen LogP contribution is -2.01. The Labute approximate surface area is 97.0 Å². The molecule has 0 fully saturated rings.